The normalized spacial score (nSPS) is 11.3. The van der Waals surface area contributed by atoms with E-state index in [0.29, 0.717) is 15.3 Å². The van der Waals surface area contributed by atoms with Crippen LogP contribution < -0.4 is 5.32 Å². The molecule has 0 spiro atoms. The van der Waals surface area contributed by atoms with Crippen LogP contribution in [0.5, 0.6) is 0 Å². The predicted molar refractivity (Wildman–Crippen MR) is 68.5 cm³/mol. The minimum absolute atomic E-state index is 0.0338. The molecule has 5 nitrogen and oxygen atoms in total. The van der Waals surface area contributed by atoms with Crippen LogP contribution in [0, 0.1) is 13.8 Å². The molecule has 0 atom stereocenters. The van der Waals surface area contributed by atoms with Crippen LogP contribution in [-0.4, -0.2) is 41.8 Å². The molecule has 112 valence electrons. The molecule has 1 rings (SSSR count). The van der Waals surface area contributed by atoms with Gasteiger partial charge >= 0.3 is 18.2 Å². The third-order valence-electron chi connectivity index (χ3n) is 2.58. The van der Waals surface area contributed by atoms with E-state index in [1.54, 1.807) is 13.8 Å². The molecule has 1 aromatic heterocycles. The fourth-order valence-corrected chi connectivity index (χ4v) is 2.55. The van der Waals surface area contributed by atoms with Crippen molar-refractivity contribution in [3.05, 3.63) is 16.0 Å². The Balaban J connectivity index is 2.91. The monoisotopic (exact) mass is 310 g/mol. The van der Waals surface area contributed by atoms with Crippen molar-refractivity contribution >= 4 is 28.3 Å². The van der Waals surface area contributed by atoms with Crippen molar-refractivity contribution in [2.45, 2.75) is 20.0 Å². The highest BCUT2D eigenvalue weighted by Gasteiger charge is 2.32. The molecule has 1 heterocycles. The summed E-state index contributed by atoms with van der Waals surface area (Å²) in [5, 5.41) is 11.3. The van der Waals surface area contributed by atoms with Gasteiger partial charge in [0.15, 0.2) is 0 Å². The maximum atomic E-state index is 12.2. The van der Waals surface area contributed by atoms with Crippen molar-refractivity contribution in [3.8, 4) is 0 Å². The first-order valence-corrected chi connectivity index (χ1v) is 6.26. The van der Waals surface area contributed by atoms with E-state index >= 15 is 0 Å². The van der Waals surface area contributed by atoms with Gasteiger partial charge in [-0.2, -0.15) is 13.2 Å². The lowest BCUT2D eigenvalue weighted by molar-refractivity contribution is -0.137. The third-order valence-corrected chi connectivity index (χ3v) is 3.71. The summed E-state index contributed by atoms with van der Waals surface area (Å²) in [5.74, 6) is -1.24. The molecule has 0 saturated heterocycles. The van der Waals surface area contributed by atoms with Crippen molar-refractivity contribution in [3.63, 3.8) is 0 Å². The number of carboxylic acids is 1. The molecular weight excluding hydrogens is 297 g/mol. The summed E-state index contributed by atoms with van der Waals surface area (Å²) >= 11 is 1.01. The quantitative estimate of drug-likeness (QED) is 0.901. The van der Waals surface area contributed by atoms with Gasteiger partial charge < -0.3 is 10.0 Å². The molecule has 0 fully saturated rings. The summed E-state index contributed by atoms with van der Waals surface area (Å²) in [5.41, 5.74) is 0.387. The summed E-state index contributed by atoms with van der Waals surface area (Å²) < 4.78 is 36.5. The smallest absolute Gasteiger partial charge is 0.406 e. The SMILES string of the molecule is Cc1sc(NC(=O)N(C)CC(F)(F)F)c(C(=O)O)c1C. The number of nitrogens with one attached hydrogen (secondary N) is 1. The molecule has 0 aliphatic rings. The largest absolute Gasteiger partial charge is 0.478 e. The Labute approximate surface area is 117 Å². The number of aryl methyl sites for hydroxylation is 1. The fraction of sp³-hybridized carbons (Fsp3) is 0.455. The van der Waals surface area contributed by atoms with E-state index in [4.69, 9.17) is 5.11 Å². The first-order valence-electron chi connectivity index (χ1n) is 5.45. The van der Waals surface area contributed by atoms with Gasteiger partial charge in [-0.25, -0.2) is 9.59 Å². The fourth-order valence-electron chi connectivity index (χ4n) is 1.51. The van der Waals surface area contributed by atoms with Gasteiger partial charge in [-0.1, -0.05) is 0 Å². The van der Waals surface area contributed by atoms with Crippen LogP contribution in [0.15, 0.2) is 0 Å². The number of alkyl halides is 3. The van der Waals surface area contributed by atoms with Crippen LogP contribution in [0.3, 0.4) is 0 Å². The van der Waals surface area contributed by atoms with E-state index in [-0.39, 0.29) is 10.6 Å². The predicted octanol–water partition coefficient (Wildman–Crippen LogP) is 3.09. The Morgan fingerprint density at radius 2 is 1.90 bits per heavy atom. The number of carbonyl (C=O) groups excluding carboxylic acids is 1. The van der Waals surface area contributed by atoms with Crippen LogP contribution in [0.4, 0.5) is 23.0 Å². The van der Waals surface area contributed by atoms with Crippen molar-refractivity contribution < 1.29 is 27.9 Å². The van der Waals surface area contributed by atoms with Crippen molar-refractivity contribution in [2.24, 2.45) is 0 Å². The minimum Gasteiger partial charge on any atom is -0.478 e. The van der Waals surface area contributed by atoms with Gasteiger partial charge in [0.05, 0.1) is 5.56 Å². The molecule has 9 heteroatoms. The lowest BCUT2D eigenvalue weighted by atomic mass is 10.1. The topological polar surface area (TPSA) is 69.6 Å². The molecule has 0 aliphatic heterocycles. The zero-order valence-electron chi connectivity index (χ0n) is 11.0. The van der Waals surface area contributed by atoms with Gasteiger partial charge in [-0.15, -0.1) is 11.3 Å². The zero-order valence-corrected chi connectivity index (χ0v) is 11.8. The molecule has 1 aromatic rings. The van der Waals surface area contributed by atoms with Gasteiger partial charge in [-0.05, 0) is 19.4 Å². The number of urea groups is 1. The van der Waals surface area contributed by atoms with Gasteiger partial charge in [0.2, 0.25) is 0 Å². The average Bonchev–Trinajstić information content (AvgIpc) is 2.51. The van der Waals surface area contributed by atoms with E-state index < -0.39 is 24.7 Å². The number of aromatic carboxylic acids is 1. The molecule has 0 radical (unpaired) electrons. The van der Waals surface area contributed by atoms with Crippen molar-refractivity contribution in [2.75, 3.05) is 18.9 Å². The number of carboxylic acid groups (broad SMARTS) is 1. The molecule has 0 aromatic carbocycles. The van der Waals surface area contributed by atoms with Gasteiger partial charge in [0, 0.05) is 11.9 Å². The summed E-state index contributed by atoms with van der Waals surface area (Å²) in [4.78, 5) is 23.8. The molecule has 2 N–H and O–H groups in total. The van der Waals surface area contributed by atoms with E-state index in [9.17, 15) is 22.8 Å². The summed E-state index contributed by atoms with van der Waals surface area (Å²) in [6.45, 7) is 1.83. The molecule has 0 bridgehead atoms. The van der Waals surface area contributed by atoms with Crippen molar-refractivity contribution in [1.82, 2.24) is 4.90 Å². The number of hydrogen-bond donors (Lipinski definition) is 2. The number of carbonyl (C=O) groups is 2. The van der Waals surface area contributed by atoms with Gasteiger partial charge in [0.25, 0.3) is 0 Å². The molecule has 0 saturated carbocycles. The van der Waals surface area contributed by atoms with Crippen LogP contribution >= 0.6 is 11.3 Å². The molecule has 2 amide bonds. The molecule has 0 unspecified atom stereocenters. The zero-order chi connectivity index (χ0) is 15.7. The average molecular weight is 310 g/mol. The summed E-state index contributed by atoms with van der Waals surface area (Å²) in [6, 6.07) is -1.01. The Morgan fingerprint density at radius 3 is 2.35 bits per heavy atom. The van der Waals surface area contributed by atoms with Gasteiger partial charge in [0.1, 0.15) is 11.5 Å². The molecule has 0 aliphatic carbocycles. The Hall–Kier alpha value is -1.77. The first kappa shape index (κ1) is 16.3. The van der Waals surface area contributed by atoms with E-state index in [1.165, 1.54) is 0 Å². The number of hydrogen-bond acceptors (Lipinski definition) is 3. The second kappa shape index (κ2) is 5.70. The van der Waals surface area contributed by atoms with Crippen LogP contribution in [0.2, 0.25) is 0 Å². The third kappa shape index (κ3) is 3.86. The maximum Gasteiger partial charge on any atom is 0.406 e. The number of amides is 2. The van der Waals surface area contributed by atoms with Gasteiger partial charge in [-0.3, -0.25) is 5.32 Å². The van der Waals surface area contributed by atoms with Crippen molar-refractivity contribution in [1.29, 1.82) is 0 Å². The van der Waals surface area contributed by atoms with E-state index in [2.05, 4.69) is 5.32 Å². The molecular formula is C11H13F3N2O3S. The number of rotatable bonds is 3. The number of halogens is 3. The van der Waals surface area contributed by atoms with E-state index in [0.717, 1.165) is 18.4 Å². The lowest BCUT2D eigenvalue weighted by Crippen LogP contribution is -2.38. The summed E-state index contributed by atoms with van der Waals surface area (Å²) in [6.07, 6.45) is -4.51. The highest BCUT2D eigenvalue weighted by molar-refractivity contribution is 7.16. The second-order valence-electron chi connectivity index (χ2n) is 4.19. The Morgan fingerprint density at radius 1 is 1.35 bits per heavy atom. The van der Waals surface area contributed by atoms with E-state index in [1.807, 2.05) is 0 Å². The minimum atomic E-state index is -4.51. The Kier molecular flexibility index (Phi) is 4.64. The van der Waals surface area contributed by atoms with Crippen LogP contribution in [-0.2, 0) is 0 Å². The number of anilines is 1. The maximum absolute atomic E-state index is 12.2. The number of nitrogens with zero attached hydrogens (tertiary/aromatic N) is 1. The lowest BCUT2D eigenvalue weighted by Gasteiger charge is -2.19. The first-order chi connectivity index (χ1) is 9.03. The second-order valence-corrected chi connectivity index (χ2v) is 5.42. The molecule has 20 heavy (non-hydrogen) atoms. The van der Waals surface area contributed by atoms with Crippen LogP contribution in [0.1, 0.15) is 20.8 Å². The highest BCUT2D eigenvalue weighted by Crippen LogP contribution is 2.32. The summed E-state index contributed by atoms with van der Waals surface area (Å²) in [7, 11) is 0.983. The highest BCUT2D eigenvalue weighted by atomic mass is 32.1. The van der Waals surface area contributed by atoms with Crippen LogP contribution in [0.25, 0.3) is 0 Å². The Bertz CT molecular complexity index is 540. The number of thiophene rings is 1. The standard InChI is InChI=1S/C11H13F3N2O3S/c1-5-6(2)20-8(7(5)9(17)18)15-10(19)16(3)4-11(12,13)14/h4H2,1-3H3,(H,15,19)(H,17,18).